The van der Waals surface area contributed by atoms with Gasteiger partial charge in [-0.25, -0.2) is 15.0 Å². The molecule has 0 bridgehead atoms. The van der Waals surface area contributed by atoms with E-state index >= 15 is 0 Å². The number of rotatable bonds is 6. The number of pyridine rings is 1. The first kappa shape index (κ1) is 23.1. The maximum absolute atomic E-state index is 13.4. The van der Waals surface area contributed by atoms with Gasteiger partial charge in [0.25, 0.3) is 0 Å². The second-order valence-electron chi connectivity index (χ2n) is 9.71. The number of ether oxygens (including phenoxy) is 2. The molecule has 5 heterocycles. The van der Waals surface area contributed by atoms with E-state index in [0.717, 1.165) is 83.4 Å². The lowest BCUT2D eigenvalue weighted by Gasteiger charge is -2.37. The summed E-state index contributed by atoms with van der Waals surface area (Å²) in [5, 5.41) is 3.11. The number of morpholine rings is 1. The summed E-state index contributed by atoms with van der Waals surface area (Å²) in [5.41, 5.74) is 2.19. The van der Waals surface area contributed by atoms with Gasteiger partial charge < -0.3 is 19.7 Å². The van der Waals surface area contributed by atoms with Gasteiger partial charge in [-0.05, 0) is 43.0 Å². The van der Waals surface area contributed by atoms with Gasteiger partial charge in [-0.1, -0.05) is 0 Å². The molecule has 3 aliphatic rings. The van der Waals surface area contributed by atoms with E-state index in [9.17, 15) is 4.79 Å². The van der Waals surface area contributed by atoms with E-state index in [2.05, 4.69) is 42.2 Å². The van der Waals surface area contributed by atoms with Crippen molar-refractivity contribution in [3.63, 3.8) is 0 Å². The third kappa shape index (κ3) is 5.21. The third-order valence-corrected chi connectivity index (χ3v) is 7.33. The zero-order chi connectivity index (χ0) is 23.4. The SMILES string of the molecule is Cc1cnc(CNC(=O)[C@H]2CN(Cc3ccnc(N4CCOCC4)c3)CC23CCOCC3)nc1. The van der Waals surface area contributed by atoms with Gasteiger partial charge in [-0.2, -0.15) is 0 Å². The van der Waals surface area contributed by atoms with Gasteiger partial charge in [0, 0.05) is 69.9 Å². The Bertz CT molecular complexity index is 973. The Balaban J connectivity index is 1.26. The van der Waals surface area contributed by atoms with Gasteiger partial charge >= 0.3 is 0 Å². The molecular weight excluding hydrogens is 432 g/mol. The number of likely N-dealkylation sites (tertiary alicyclic amines) is 1. The van der Waals surface area contributed by atoms with Gasteiger partial charge in [0.15, 0.2) is 0 Å². The Hall–Kier alpha value is -2.62. The Morgan fingerprint density at radius 3 is 2.62 bits per heavy atom. The van der Waals surface area contributed by atoms with Gasteiger partial charge in [0.05, 0.1) is 25.7 Å². The van der Waals surface area contributed by atoms with E-state index in [1.165, 1.54) is 5.56 Å². The molecule has 1 atom stereocenters. The number of amides is 1. The van der Waals surface area contributed by atoms with Crippen molar-refractivity contribution in [3.8, 4) is 0 Å². The number of carbonyl (C=O) groups excluding carboxylic acids is 1. The van der Waals surface area contributed by atoms with E-state index < -0.39 is 0 Å². The lowest BCUT2D eigenvalue weighted by Crippen LogP contribution is -2.44. The molecule has 3 fully saturated rings. The van der Waals surface area contributed by atoms with Crippen LogP contribution in [-0.2, 0) is 27.4 Å². The summed E-state index contributed by atoms with van der Waals surface area (Å²) in [4.78, 5) is 31.3. The molecule has 1 amide bonds. The molecular formula is C25H34N6O3. The Kier molecular flexibility index (Phi) is 7.03. The first-order valence-corrected chi connectivity index (χ1v) is 12.2. The minimum atomic E-state index is -0.0672. The number of aromatic nitrogens is 3. The summed E-state index contributed by atoms with van der Waals surface area (Å²) < 4.78 is 11.1. The van der Waals surface area contributed by atoms with Crippen LogP contribution in [0.15, 0.2) is 30.7 Å². The maximum Gasteiger partial charge on any atom is 0.225 e. The molecule has 0 aliphatic carbocycles. The third-order valence-electron chi connectivity index (χ3n) is 7.33. The minimum Gasteiger partial charge on any atom is -0.381 e. The highest BCUT2D eigenvalue weighted by Crippen LogP contribution is 2.44. The molecule has 3 saturated heterocycles. The number of aryl methyl sites for hydroxylation is 1. The molecule has 9 nitrogen and oxygen atoms in total. The van der Waals surface area contributed by atoms with E-state index in [0.29, 0.717) is 12.4 Å². The second kappa shape index (κ2) is 10.3. The normalized spacial score (nSPS) is 22.7. The molecule has 0 unspecified atom stereocenters. The monoisotopic (exact) mass is 466 g/mol. The molecule has 5 rings (SSSR count). The standard InChI is InChI=1S/C25H34N6O3/c1-19-13-27-22(28-14-19)15-29-24(32)21-17-30(18-25(21)3-8-33-9-4-25)16-20-2-5-26-23(12-20)31-6-10-34-11-7-31/h2,5,12-14,21H,3-4,6-11,15-18H2,1H3,(H,29,32)/t21-/m1/s1. The van der Waals surface area contributed by atoms with Gasteiger partial charge in [-0.15, -0.1) is 0 Å². The minimum absolute atomic E-state index is 0.0451. The van der Waals surface area contributed by atoms with Crippen LogP contribution in [0.25, 0.3) is 0 Å². The van der Waals surface area contributed by atoms with Crippen molar-refractivity contribution in [3.05, 3.63) is 47.7 Å². The van der Waals surface area contributed by atoms with Gasteiger partial charge in [0.2, 0.25) is 5.91 Å². The molecule has 182 valence electrons. The average molecular weight is 467 g/mol. The maximum atomic E-state index is 13.4. The summed E-state index contributed by atoms with van der Waals surface area (Å²) >= 11 is 0. The summed E-state index contributed by atoms with van der Waals surface area (Å²) in [6.07, 6.45) is 7.29. The van der Waals surface area contributed by atoms with Crippen molar-refractivity contribution < 1.29 is 14.3 Å². The van der Waals surface area contributed by atoms with Crippen LogP contribution in [0.5, 0.6) is 0 Å². The number of nitrogens with zero attached hydrogens (tertiary/aromatic N) is 5. The average Bonchev–Trinajstić information content (AvgIpc) is 3.21. The van der Waals surface area contributed by atoms with Crippen LogP contribution < -0.4 is 10.2 Å². The largest absolute Gasteiger partial charge is 0.381 e. The zero-order valence-electron chi connectivity index (χ0n) is 19.9. The van der Waals surface area contributed by atoms with E-state index in [4.69, 9.17) is 9.47 Å². The zero-order valence-corrected chi connectivity index (χ0v) is 19.9. The van der Waals surface area contributed by atoms with Crippen molar-refractivity contribution >= 4 is 11.7 Å². The predicted octanol–water partition coefficient (Wildman–Crippen LogP) is 1.56. The van der Waals surface area contributed by atoms with Crippen molar-refractivity contribution in [1.82, 2.24) is 25.2 Å². The van der Waals surface area contributed by atoms with Crippen molar-refractivity contribution in [2.45, 2.75) is 32.9 Å². The number of carbonyl (C=O) groups is 1. The number of anilines is 1. The Labute approximate surface area is 200 Å². The van der Waals surface area contributed by atoms with Crippen LogP contribution in [0.1, 0.15) is 29.8 Å². The van der Waals surface area contributed by atoms with Crippen LogP contribution in [0.3, 0.4) is 0 Å². The Morgan fingerprint density at radius 1 is 1.12 bits per heavy atom. The number of hydrogen-bond donors (Lipinski definition) is 1. The molecule has 2 aromatic rings. The molecule has 1 spiro atoms. The van der Waals surface area contributed by atoms with Gasteiger partial charge in [-0.3, -0.25) is 9.69 Å². The van der Waals surface area contributed by atoms with Crippen LogP contribution in [0, 0.1) is 18.3 Å². The lowest BCUT2D eigenvalue weighted by atomic mass is 9.72. The highest BCUT2D eigenvalue weighted by molar-refractivity contribution is 5.80. The van der Waals surface area contributed by atoms with Crippen LogP contribution in [0.4, 0.5) is 5.82 Å². The van der Waals surface area contributed by atoms with Crippen molar-refractivity contribution in [1.29, 1.82) is 0 Å². The summed E-state index contributed by atoms with van der Waals surface area (Å²) in [6.45, 7) is 9.44. The van der Waals surface area contributed by atoms with E-state index in [-0.39, 0.29) is 17.2 Å². The molecule has 1 N–H and O–H groups in total. The first-order valence-electron chi connectivity index (χ1n) is 12.2. The molecule has 34 heavy (non-hydrogen) atoms. The fourth-order valence-electron chi connectivity index (χ4n) is 5.42. The fraction of sp³-hybridized carbons (Fsp3) is 0.600. The lowest BCUT2D eigenvalue weighted by molar-refractivity contribution is -0.130. The molecule has 2 aromatic heterocycles. The number of nitrogens with one attached hydrogen (secondary N) is 1. The smallest absolute Gasteiger partial charge is 0.225 e. The highest BCUT2D eigenvalue weighted by atomic mass is 16.5. The first-order chi connectivity index (χ1) is 16.6. The molecule has 0 radical (unpaired) electrons. The molecule has 0 saturated carbocycles. The van der Waals surface area contributed by atoms with E-state index in [1.807, 2.05) is 13.1 Å². The van der Waals surface area contributed by atoms with Crippen LogP contribution >= 0.6 is 0 Å². The van der Waals surface area contributed by atoms with Crippen molar-refractivity contribution in [2.75, 3.05) is 57.5 Å². The van der Waals surface area contributed by atoms with Crippen LogP contribution in [0.2, 0.25) is 0 Å². The van der Waals surface area contributed by atoms with Crippen LogP contribution in [-0.4, -0.2) is 78.4 Å². The molecule has 0 aromatic carbocycles. The molecule has 3 aliphatic heterocycles. The topological polar surface area (TPSA) is 92.7 Å². The van der Waals surface area contributed by atoms with Crippen molar-refractivity contribution in [2.24, 2.45) is 11.3 Å². The molecule has 9 heteroatoms. The summed E-state index contributed by atoms with van der Waals surface area (Å²) in [6, 6.07) is 4.27. The van der Waals surface area contributed by atoms with Gasteiger partial charge in [0.1, 0.15) is 11.6 Å². The predicted molar refractivity (Wildman–Crippen MR) is 127 cm³/mol. The Morgan fingerprint density at radius 2 is 1.85 bits per heavy atom. The highest BCUT2D eigenvalue weighted by Gasteiger charge is 2.50. The number of hydrogen-bond acceptors (Lipinski definition) is 8. The second-order valence-corrected chi connectivity index (χ2v) is 9.71. The van der Waals surface area contributed by atoms with E-state index in [1.54, 1.807) is 12.4 Å². The summed E-state index contributed by atoms with van der Waals surface area (Å²) in [7, 11) is 0. The quantitative estimate of drug-likeness (QED) is 0.686. The summed E-state index contributed by atoms with van der Waals surface area (Å²) in [5.74, 6) is 1.68. The fourth-order valence-corrected chi connectivity index (χ4v) is 5.42.